The molecule has 0 saturated heterocycles. The van der Waals surface area contributed by atoms with Gasteiger partial charge in [-0.1, -0.05) is 36.4 Å². The highest BCUT2D eigenvalue weighted by molar-refractivity contribution is 7.87. The first-order valence-corrected chi connectivity index (χ1v) is 15.6. The Labute approximate surface area is 233 Å². The van der Waals surface area contributed by atoms with E-state index in [4.69, 9.17) is 0 Å². The second-order valence-electron chi connectivity index (χ2n) is 8.52. The lowest BCUT2D eigenvalue weighted by Gasteiger charge is -2.18. The molecule has 0 radical (unpaired) electrons. The van der Waals surface area contributed by atoms with Gasteiger partial charge in [0.2, 0.25) is 0 Å². The second-order valence-corrected chi connectivity index (χ2v) is 12.6. The molecule has 0 aliphatic rings. The molecular formula is C25H15N4O9S3-3. The number of hydrogen-bond acceptors (Lipinski definition) is 12. The number of fused-ring (bicyclic) bond motifs is 2. The van der Waals surface area contributed by atoms with Crippen molar-refractivity contribution in [2.45, 2.75) is 14.7 Å². The Hall–Kier alpha value is -4.32. The van der Waals surface area contributed by atoms with Crippen LogP contribution in [0.1, 0.15) is 11.4 Å². The molecule has 5 rings (SSSR count). The molecule has 0 bridgehead atoms. The monoisotopic (exact) mass is 611 g/mol. The molecule has 16 heteroatoms. The summed E-state index contributed by atoms with van der Waals surface area (Å²) >= 11 is 0. The number of aromatic amines is 1. The number of rotatable bonds is 7. The summed E-state index contributed by atoms with van der Waals surface area (Å²) < 4.78 is 107. The Morgan fingerprint density at radius 1 is 0.683 bits per heavy atom. The minimum Gasteiger partial charge on any atom is -0.744 e. The average molecular weight is 612 g/mol. The molecule has 0 saturated carbocycles. The third-order valence-electron chi connectivity index (χ3n) is 5.86. The van der Waals surface area contributed by atoms with Gasteiger partial charge in [-0.05, 0) is 48.6 Å². The lowest BCUT2D eigenvalue weighted by molar-refractivity contribution is 0.460. The van der Waals surface area contributed by atoms with Crippen LogP contribution in [0.5, 0.6) is 0 Å². The van der Waals surface area contributed by atoms with E-state index < -0.39 is 61.5 Å². The fourth-order valence-corrected chi connectivity index (χ4v) is 5.98. The maximum Gasteiger partial charge on any atom is 0.131 e. The first kappa shape index (κ1) is 28.2. The van der Waals surface area contributed by atoms with E-state index in [1.54, 1.807) is 30.4 Å². The Balaban J connectivity index is 1.69. The summed E-state index contributed by atoms with van der Waals surface area (Å²) in [7, 11) is -16.0. The van der Waals surface area contributed by atoms with Crippen LogP contribution in [0.4, 0.5) is 11.4 Å². The van der Waals surface area contributed by atoms with E-state index >= 15 is 0 Å². The zero-order valence-corrected chi connectivity index (χ0v) is 22.8. The standard InChI is InChI=1S/C25H18N4O9S3/c30-39(31,32)16-13-18-17(23(14-16)41(36,37)38)10-11-22(40(33,34)35)25(18)29-28-19-6-2-1-5-15(19)9-12-24-26-20-7-3-4-8-21(20)27-24/h1-14H,(H,26,27)(H,30,31,32)(H,33,34,35)(H,36,37,38)/p-3. The van der Waals surface area contributed by atoms with Crippen LogP contribution < -0.4 is 0 Å². The van der Waals surface area contributed by atoms with Crippen LogP contribution in [0.3, 0.4) is 0 Å². The Morgan fingerprint density at radius 2 is 1.37 bits per heavy atom. The van der Waals surface area contributed by atoms with Crippen molar-refractivity contribution in [3.63, 3.8) is 0 Å². The van der Waals surface area contributed by atoms with E-state index in [2.05, 4.69) is 20.2 Å². The van der Waals surface area contributed by atoms with Crippen LogP contribution in [0.15, 0.2) is 97.7 Å². The molecule has 1 N–H and O–H groups in total. The summed E-state index contributed by atoms with van der Waals surface area (Å²) in [6.07, 6.45) is 3.28. The summed E-state index contributed by atoms with van der Waals surface area (Å²) in [5, 5.41) is 6.84. The molecule has 1 heterocycles. The Kier molecular flexibility index (Phi) is 7.06. The maximum atomic E-state index is 12.0. The highest BCUT2D eigenvalue weighted by Gasteiger charge is 2.20. The summed E-state index contributed by atoms with van der Waals surface area (Å²) in [4.78, 5) is 4.30. The molecule has 0 fully saturated rings. The first-order valence-electron chi connectivity index (χ1n) is 11.3. The molecule has 41 heavy (non-hydrogen) atoms. The van der Waals surface area contributed by atoms with Gasteiger partial charge in [-0.15, -0.1) is 10.2 Å². The first-order chi connectivity index (χ1) is 19.2. The molecule has 0 unspecified atom stereocenters. The molecule has 210 valence electrons. The largest absolute Gasteiger partial charge is 0.744 e. The van der Waals surface area contributed by atoms with Gasteiger partial charge >= 0.3 is 0 Å². The van der Waals surface area contributed by atoms with E-state index in [1.807, 2.05) is 24.3 Å². The number of aromatic nitrogens is 2. The van der Waals surface area contributed by atoms with Crippen LogP contribution in [0.2, 0.25) is 0 Å². The van der Waals surface area contributed by atoms with Crippen LogP contribution in [-0.4, -0.2) is 48.9 Å². The number of para-hydroxylation sites is 2. The van der Waals surface area contributed by atoms with Crippen molar-refractivity contribution < 1.29 is 38.9 Å². The Bertz CT molecular complexity index is 2210. The molecule has 0 aliphatic heterocycles. The third kappa shape index (κ3) is 5.92. The fraction of sp³-hybridized carbons (Fsp3) is 0. The predicted octanol–water partition coefficient (Wildman–Crippen LogP) is 4.01. The number of nitrogens with one attached hydrogen (secondary N) is 1. The lowest BCUT2D eigenvalue weighted by Crippen LogP contribution is -2.06. The van der Waals surface area contributed by atoms with Gasteiger partial charge in [-0.3, -0.25) is 0 Å². The normalized spacial score (nSPS) is 13.1. The summed E-state index contributed by atoms with van der Waals surface area (Å²) in [5.74, 6) is 0.518. The van der Waals surface area contributed by atoms with Crippen LogP contribution in [0, 0.1) is 0 Å². The van der Waals surface area contributed by atoms with E-state index in [1.165, 1.54) is 6.07 Å². The average Bonchev–Trinajstić information content (AvgIpc) is 3.31. The number of nitrogens with zero attached hydrogens (tertiary/aromatic N) is 3. The van der Waals surface area contributed by atoms with Gasteiger partial charge in [0.1, 0.15) is 41.9 Å². The van der Waals surface area contributed by atoms with Gasteiger partial charge in [-0.2, -0.15) is 0 Å². The highest BCUT2D eigenvalue weighted by atomic mass is 32.2. The topological polar surface area (TPSA) is 225 Å². The van der Waals surface area contributed by atoms with Crippen LogP contribution >= 0.6 is 0 Å². The summed E-state index contributed by atoms with van der Waals surface area (Å²) in [5.41, 5.74) is 1.41. The number of imidazole rings is 1. The molecule has 13 nitrogen and oxygen atoms in total. The van der Waals surface area contributed by atoms with E-state index in [0.29, 0.717) is 29.6 Å². The van der Waals surface area contributed by atoms with Gasteiger partial charge in [0.05, 0.1) is 31.4 Å². The summed E-state index contributed by atoms with van der Waals surface area (Å²) in [6, 6.07) is 16.3. The van der Waals surface area contributed by atoms with Crippen molar-refractivity contribution in [1.82, 2.24) is 9.97 Å². The molecule has 5 aromatic rings. The second kappa shape index (κ2) is 10.3. The quantitative estimate of drug-likeness (QED) is 0.205. The Morgan fingerprint density at radius 3 is 2.05 bits per heavy atom. The van der Waals surface area contributed by atoms with Crippen LogP contribution in [0.25, 0.3) is 34.0 Å². The molecule has 0 amide bonds. The lowest BCUT2D eigenvalue weighted by atomic mass is 10.1. The number of benzene rings is 4. The molecule has 4 aromatic carbocycles. The zero-order chi connectivity index (χ0) is 29.6. The zero-order valence-electron chi connectivity index (χ0n) is 20.3. The number of azo groups is 1. The third-order valence-corrected chi connectivity index (χ3v) is 8.41. The van der Waals surface area contributed by atoms with Crippen LogP contribution in [-0.2, 0) is 30.4 Å². The highest BCUT2D eigenvalue weighted by Crippen LogP contribution is 2.39. The molecular weight excluding hydrogens is 596 g/mol. The van der Waals surface area contributed by atoms with Crippen molar-refractivity contribution in [3.05, 3.63) is 84.2 Å². The minimum absolute atomic E-state index is 0.162. The van der Waals surface area contributed by atoms with Crippen molar-refractivity contribution in [2.75, 3.05) is 0 Å². The predicted molar refractivity (Wildman–Crippen MR) is 143 cm³/mol. The van der Waals surface area contributed by atoms with Gasteiger partial charge in [0.25, 0.3) is 0 Å². The SMILES string of the molecule is O=S(=O)([O-])c1cc(S(=O)(=O)[O-])c2ccc(S(=O)(=O)[O-])c(N=Nc3ccccc3C=Cc3nc4ccccc4[nH]3)c2c1. The number of H-pyrrole nitrogens is 1. The van der Waals surface area contributed by atoms with Gasteiger partial charge in [0.15, 0.2) is 0 Å². The van der Waals surface area contributed by atoms with Crippen molar-refractivity contribution in [2.24, 2.45) is 10.2 Å². The molecule has 0 spiro atoms. The maximum absolute atomic E-state index is 12.0. The van der Waals surface area contributed by atoms with Gasteiger partial charge < -0.3 is 18.6 Å². The minimum atomic E-state index is -5.37. The fourth-order valence-electron chi connectivity index (χ4n) is 4.04. The van der Waals surface area contributed by atoms with Crippen molar-refractivity contribution in [3.8, 4) is 0 Å². The van der Waals surface area contributed by atoms with Gasteiger partial charge in [0, 0.05) is 16.3 Å². The number of hydrogen-bond donors (Lipinski definition) is 1. The summed E-state index contributed by atoms with van der Waals surface area (Å²) in [6.45, 7) is 0. The van der Waals surface area contributed by atoms with Crippen molar-refractivity contribution in [1.29, 1.82) is 0 Å². The smallest absolute Gasteiger partial charge is 0.131 e. The molecule has 0 aliphatic carbocycles. The van der Waals surface area contributed by atoms with E-state index in [9.17, 15) is 38.9 Å². The van der Waals surface area contributed by atoms with Gasteiger partial charge in [-0.25, -0.2) is 30.2 Å². The van der Waals surface area contributed by atoms with E-state index in [0.717, 1.165) is 17.1 Å². The molecule has 0 atom stereocenters. The van der Waals surface area contributed by atoms with Crippen molar-refractivity contribution >= 4 is 75.7 Å². The van der Waals surface area contributed by atoms with E-state index in [-0.39, 0.29) is 5.69 Å². The molecule has 1 aromatic heterocycles.